The Kier molecular flexibility index (Phi) is 6.86. The molecule has 0 aliphatic rings. The van der Waals surface area contributed by atoms with E-state index in [0.717, 1.165) is 18.4 Å². The minimum atomic E-state index is -0.388. The predicted octanol–water partition coefficient (Wildman–Crippen LogP) is 2.88. The van der Waals surface area contributed by atoms with Crippen molar-refractivity contribution in [3.63, 3.8) is 0 Å². The molecule has 0 saturated heterocycles. The van der Waals surface area contributed by atoms with Crippen LogP contribution in [0.1, 0.15) is 45.1 Å². The summed E-state index contributed by atoms with van der Waals surface area (Å²) in [6.45, 7) is 3.94. The van der Waals surface area contributed by atoms with Gasteiger partial charge in [0.2, 0.25) is 5.91 Å². The second-order valence-electron chi connectivity index (χ2n) is 4.78. The van der Waals surface area contributed by atoms with Crippen LogP contribution in [0.3, 0.4) is 0 Å². The largest absolute Gasteiger partial charge is 0.346 e. The molecule has 0 heterocycles. The summed E-state index contributed by atoms with van der Waals surface area (Å²) in [7, 11) is 0. The lowest BCUT2D eigenvalue weighted by molar-refractivity contribution is -0.127. The smallest absolute Gasteiger partial charge is 0.220 e. The molecule has 1 amide bonds. The Balaban J connectivity index is 2.69. The van der Waals surface area contributed by atoms with Gasteiger partial charge in [-0.3, -0.25) is 9.59 Å². The maximum atomic E-state index is 12.1. The third kappa shape index (κ3) is 5.69. The van der Waals surface area contributed by atoms with Crippen molar-refractivity contribution >= 4 is 11.7 Å². The molecule has 1 aromatic carbocycles. The van der Waals surface area contributed by atoms with Gasteiger partial charge in [-0.1, -0.05) is 44.2 Å². The molecule has 1 aromatic rings. The summed E-state index contributed by atoms with van der Waals surface area (Å²) in [6, 6.07) is 9.43. The van der Waals surface area contributed by atoms with Crippen LogP contribution in [-0.2, 0) is 16.0 Å². The van der Waals surface area contributed by atoms with Gasteiger partial charge in [0.05, 0.1) is 6.04 Å². The molecule has 0 fully saturated rings. The first-order valence-corrected chi connectivity index (χ1v) is 7.03. The first kappa shape index (κ1) is 15.4. The van der Waals surface area contributed by atoms with Crippen LogP contribution in [0.15, 0.2) is 30.3 Å². The quantitative estimate of drug-likeness (QED) is 0.782. The topological polar surface area (TPSA) is 46.2 Å². The Morgan fingerprint density at radius 2 is 1.68 bits per heavy atom. The standard InChI is InChI=1S/C16H23NO2/c1-3-8-15(18)14(17-16(19)9-4-2)12-13-10-6-5-7-11-13/h5-7,10-11,14H,3-4,8-9,12H2,1-2H3,(H,17,19)/t14-/m1/s1. The van der Waals surface area contributed by atoms with Crippen LogP contribution in [0.2, 0.25) is 0 Å². The number of hydrogen-bond donors (Lipinski definition) is 1. The number of carbonyl (C=O) groups is 2. The lowest BCUT2D eigenvalue weighted by Gasteiger charge is -2.17. The number of rotatable bonds is 8. The zero-order valence-electron chi connectivity index (χ0n) is 11.8. The highest BCUT2D eigenvalue weighted by Gasteiger charge is 2.19. The molecule has 0 unspecified atom stereocenters. The second-order valence-corrected chi connectivity index (χ2v) is 4.78. The molecular weight excluding hydrogens is 238 g/mol. The third-order valence-electron chi connectivity index (χ3n) is 2.98. The molecule has 0 aliphatic carbocycles. The van der Waals surface area contributed by atoms with E-state index in [-0.39, 0.29) is 17.7 Å². The molecule has 0 bridgehead atoms. The average molecular weight is 261 g/mol. The van der Waals surface area contributed by atoms with E-state index in [2.05, 4.69) is 5.32 Å². The molecule has 1 atom stereocenters. The molecule has 0 radical (unpaired) electrons. The van der Waals surface area contributed by atoms with Gasteiger partial charge in [0.25, 0.3) is 0 Å². The summed E-state index contributed by atoms with van der Waals surface area (Å²) in [6.07, 6.45) is 3.18. The molecule has 1 rings (SSSR count). The van der Waals surface area contributed by atoms with Crippen molar-refractivity contribution in [1.29, 1.82) is 0 Å². The van der Waals surface area contributed by atoms with Crippen molar-refractivity contribution in [3.05, 3.63) is 35.9 Å². The van der Waals surface area contributed by atoms with Gasteiger partial charge in [-0.15, -0.1) is 0 Å². The summed E-state index contributed by atoms with van der Waals surface area (Å²) in [5.74, 6) is 0.0868. The number of ketones is 1. The molecule has 19 heavy (non-hydrogen) atoms. The van der Waals surface area contributed by atoms with E-state index in [4.69, 9.17) is 0 Å². The Hall–Kier alpha value is -1.64. The molecule has 0 aromatic heterocycles. The zero-order valence-corrected chi connectivity index (χ0v) is 11.8. The monoisotopic (exact) mass is 261 g/mol. The van der Waals surface area contributed by atoms with Crippen molar-refractivity contribution in [1.82, 2.24) is 5.32 Å². The van der Waals surface area contributed by atoms with Crippen LogP contribution in [0.4, 0.5) is 0 Å². The third-order valence-corrected chi connectivity index (χ3v) is 2.98. The van der Waals surface area contributed by atoms with Crippen molar-refractivity contribution in [2.24, 2.45) is 0 Å². The Bertz CT molecular complexity index is 400. The van der Waals surface area contributed by atoms with Gasteiger partial charge in [-0.05, 0) is 24.8 Å². The normalized spacial score (nSPS) is 11.9. The van der Waals surface area contributed by atoms with Gasteiger partial charge in [0.15, 0.2) is 5.78 Å². The predicted molar refractivity (Wildman–Crippen MR) is 76.9 cm³/mol. The minimum Gasteiger partial charge on any atom is -0.346 e. The SMILES string of the molecule is CCCC(=O)N[C@H](Cc1ccccc1)C(=O)CCC. The lowest BCUT2D eigenvalue weighted by atomic mass is 9.99. The van der Waals surface area contributed by atoms with Crippen molar-refractivity contribution < 1.29 is 9.59 Å². The van der Waals surface area contributed by atoms with E-state index in [1.54, 1.807) is 0 Å². The highest BCUT2D eigenvalue weighted by atomic mass is 16.2. The fourth-order valence-electron chi connectivity index (χ4n) is 2.01. The maximum Gasteiger partial charge on any atom is 0.220 e. The van der Waals surface area contributed by atoms with Crippen LogP contribution in [0.5, 0.6) is 0 Å². The molecule has 3 nitrogen and oxygen atoms in total. The van der Waals surface area contributed by atoms with Crippen LogP contribution in [0.25, 0.3) is 0 Å². The molecular formula is C16H23NO2. The Morgan fingerprint density at radius 1 is 1.05 bits per heavy atom. The molecule has 3 heteroatoms. The van der Waals surface area contributed by atoms with Gasteiger partial charge in [-0.25, -0.2) is 0 Å². The van der Waals surface area contributed by atoms with E-state index < -0.39 is 0 Å². The summed E-state index contributed by atoms with van der Waals surface area (Å²) >= 11 is 0. The first-order valence-electron chi connectivity index (χ1n) is 7.03. The van der Waals surface area contributed by atoms with E-state index in [9.17, 15) is 9.59 Å². The van der Waals surface area contributed by atoms with Gasteiger partial charge in [-0.2, -0.15) is 0 Å². The summed E-state index contributed by atoms with van der Waals surface area (Å²) in [5, 5.41) is 2.86. The number of nitrogens with one attached hydrogen (secondary N) is 1. The summed E-state index contributed by atoms with van der Waals surface area (Å²) in [4.78, 5) is 23.8. The van der Waals surface area contributed by atoms with Gasteiger partial charge in [0, 0.05) is 12.8 Å². The molecule has 104 valence electrons. The van der Waals surface area contributed by atoms with E-state index in [1.807, 2.05) is 44.2 Å². The van der Waals surface area contributed by atoms with Gasteiger partial charge in [0.1, 0.15) is 0 Å². The van der Waals surface area contributed by atoms with Crippen molar-refractivity contribution in [2.75, 3.05) is 0 Å². The second kappa shape index (κ2) is 8.46. The molecule has 0 saturated carbocycles. The highest BCUT2D eigenvalue weighted by molar-refractivity contribution is 5.89. The molecule has 0 spiro atoms. The highest BCUT2D eigenvalue weighted by Crippen LogP contribution is 2.07. The lowest BCUT2D eigenvalue weighted by Crippen LogP contribution is -2.42. The van der Waals surface area contributed by atoms with Crippen molar-refractivity contribution in [3.8, 4) is 0 Å². The van der Waals surface area contributed by atoms with Gasteiger partial charge >= 0.3 is 0 Å². The number of carbonyl (C=O) groups excluding carboxylic acids is 2. The number of benzene rings is 1. The van der Waals surface area contributed by atoms with Gasteiger partial charge < -0.3 is 5.32 Å². The number of amides is 1. The fourth-order valence-corrected chi connectivity index (χ4v) is 2.01. The minimum absolute atomic E-state index is 0.0344. The van der Waals surface area contributed by atoms with Crippen LogP contribution in [0, 0.1) is 0 Å². The zero-order chi connectivity index (χ0) is 14.1. The Morgan fingerprint density at radius 3 is 2.26 bits per heavy atom. The average Bonchev–Trinajstić information content (AvgIpc) is 2.40. The van der Waals surface area contributed by atoms with Crippen molar-refractivity contribution in [2.45, 2.75) is 52.0 Å². The molecule has 1 N–H and O–H groups in total. The fraction of sp³-hybridized carbons (Fsp3) is 0.500. The van der Waals surface area contributed by atoms with E-state index in [0.29, 0.717) is 19.3 Å². The molecule has 0 aliphatic heterocycles. The number of hydrogen-bond acceptors (Lipinski definition) is 2. The summed E-state index contributed by atoms with van der Waals surface area (Å²) < 4.78 is 0. The van der Waals surface area contributed by atoms with E-state index >= 15 is 0 Å². The summed E-state index contributed by atoms with van der Waals surface area (Å²) in [5.41, 5.74) is 1.08. The van der Waals surface area contributed by atoms with Crippen LogP contribution in [-0.4, -0.2) is 17.7 Å². The Labute approximate surface area is 115 Å². The van der Waals surface area contributed by atoms with Crippen LogP contribution < -0.4 is 5.32 Å². The number of Topliss-reactive ketones (excluding diaryl/α,β-unsaturated/α-hetero) is 1. The first-order chi connectivity index (χ1) is 9.17. The van der Waals surface area contributed by atoms with E-state index in [1.165, 1.54) is 0 Å². The maximum absolute atomic E-state index is 12.1. The van der Waals surface area contributed by atoms with Crippen LogP contribution >= 0.6 is 0 Å².